The molecule has 0 amide bonds. The third-order valence-electron chi connectivity index (χ3n) is 3.20. The maximum absolute atomic E-state index is 6.34. The minimum atomic E-state index is -0.177. The Bertz CT molecular complexity index is 565. The lowest BCUT2D eigenvalue weighted by atomic mass is 10.1. The van der Waals surface area contributed by atoms with Crippen molar-refractivity contribution in [3.63, 3.8) is 0 Å². The van der Waals surface area contributed by atoms with Gasteiger partial charge in [0.15, 0.2) is 0 Å². The molecule has 0 spiro atoms. The second-order valence-corrected chi connectivity index (χ2v) is 6.04. The van der Waals surface area contributed by atoms with Crippen LogP contribution < -0.4 is 10.5 Å². The molecule has 3 nitrogen and oxygen atoms in total. The van der Waals surface area contributed by atoms with Crippen LogP contribution in [0.5, 0.6) is 5.75 Å². The van der Waals surface area contributed by atoms with Crippen LogP contribution >= 0.6 is 11.3 Å². The number of rotatable bonds is 6. The van der Waals surface area contributed by atoms with Crippen molar-refractivity contribution >= 4 is 11.3 Å². The van der Waals surface area contributed by atoms with Crippen molar-refractivity contribution < 1.29 is 4.74 Å². The Hall–Kier alpha value is -1.39. The summed E-state index contributed by atoms with van der Waals surface area (Å²) in [5, 5.41) is 0.979. The second-order valence-electron chi connectivity index (χ2n) is 4.81. The van der Waals surface area contributed by atoms with Crippen LogP contribution in [0.4, 0.5) is 0 Å². The molecule has 1 atom stereocenters. The quantitative estimate of drug-likeness (QED) is 0.879. The Morgan fingerprint density at radius 1 is 1.35 bits per heavy atom. The standard InChI is InChI=1S/C16H22N2OS/c1-4-9-19-13-8-6-7-12(10-13)15(17)16-18-14(5-2)11(3)20-16/h6-8,10,15H,4-5,9,17H2,1-3H3. The summed E-state index contributed by atoms with van der Waals surface area (Å²) < 4.78 is 5.66. The fourth-order valence-electron chi connectivity index (χ4n) is 2.07. The average molecular weight is 290 g/mol. The van der Waals surface area contributed by atoms with E-state index < -0.39 is 0 Å². The van der Waals surface area contributed by atoms with Gasteiger partial charge in [-0.2, -0.15) is 0 Å². The Kier molecular flexibility index (Phi) is 5.15. The van der Waals surface area contributed by atoms with E-state index >= 15 is 0 Å². The van der Waals surface area contributed by atoms with Crippen LogP contribution in [0.15, 0.2) is 24.3 Å². The highest BCUT2D eigenvalue weighted by molar-refractivity contribution is 7.11. The third-order valence-corrected chi connectivity index (χ3v) is 4.30. The van der Waals surface area contributed by atoms with E-state index in [1.165, 1.54) is 4.88 Å². The number of aromatic nitrogens is 1. The lowest BCUT2D eigenvalue weighted by molar-refractivity contribution is 0.317. The van der Waals surface area contributed by atoms with Crippen LogP contribution in [0.2, 0.25) is 0 Å². The second kappa shape index (κ2) is 6.86. The number of nitrogens with zero attached hydrogens (tertiary/aromatic N) is 1. The minimum absolute atomic E-state index is 0.177. The Balaban J connectivity index is 2.21. The monoisotopic (exact) mass is 290 g/mol. The van der Waals surface area contributed by atoms with E-state index in [1.54, 1.807) is 11.3 Å². The Labute approximate surface area is 124 Å². The van der Waals surface area contributed by atoms with Gasteiger partial charge in [0, 0.05) is 4.88 Å². The minimum Gasteiger partial charge on any atom is -0.494 e. The Morgan fingerprint density at radius 2 is 2.15 bits per heavy atom. The van der Waals surface area contributed by atoms with Crippen LogP contribution in [0.25, 0.3) is 0 Å². The maximum atomic E-state index is 6.34. The van der Waals surface area contributed by atoms with Gasteiger partial charge in [-0.3, -0.25) is 0 Å². The van der Waals surface area contributed by atoms with E-state index in [1.807, 2.05) is 24.3 Å². The molecule has 0 fully saturated rings. The molecule has 2 N–H and O–H groups in total. The number of thiazole rings is 1. The summed E-state index contributed by atoms with van der Waals surface area (Å²) in [4.78, 5) is 5.91. The summed E-state index contributed by atoms with van der Waals surface area (Å²) in [5.41, 5.74) is 8.55. The number of ether oxygens (including phenoxy) is 1. The number of nitrogens with two attached hydrogens (primary N) is 1. The maximum Gasteiger partial charge on any atom is 0.119 e. The summed E-state index contributed by atoms with van der Waals surface area (Å²) in [6, 6.07) is 7.83. The van der Waals surface area contributed by atoms with Gasteiger partial charge in [0.05, 0.1) is 18.3 Å². The van der Waals surface area contributed by atoms with Crippen LogP contribution in [-0.4, -0.2) is 11.6 Å². The smallest absolute Gasteiger partial charge is 0.119 e. The summed E-state index contributed by atoms with van der Waals surface area (Å²) >= 11 is 1.69. The number of aryl methyl sites for hydroxylation is 2. The fraction of sp³-hybridized carbons (Fsp3) is 0.438. The van der Waals surface area contributed by atoms with Crippen molar-refractivity contribution in [3.05, 3.63) is 45.4 Å². The molecule has 2 aromatic rings. The molecular formula is C16H22N2OS. The first-order valence-corrected chi connectivity index (χ1v) is 7.91. The molecule has 20 heavy (non-hydrogen) atoms. The van der Waals surface area contributed by atoms with E-state index in [2.05, 4.69) is 25.8 Å². The van der Waals surface area contributed by atoms with Crippen molar-refractivity contribution in [2.75, 3.05) is 6.61 Å². The first-order valence-electron chi connectivity index (χ1n) is 7.10. The van der Waals surface area contributed by atoms with Gasteiger partial charge in [-0.05, 0) is 37.5 Å². The van der Waals surface area contributed by atoms with E-state index in [0.717, 1.165) is 41.5 Å². The zero-order valence-electron chi connectivity index (χ0n) is 12.3. The Morgan fingerprint density at radius 3 is 2.80 bits per heavy atom. The zero-order valence-corrected chi connectivity index (χ0v) is 13.2. The SMILES string of the molecule is CCCOc1cccc(C(N)c2nc(CC)c(C)s2)c1. The highest BCUT2D eigenvalue weighted by Gasteiger charge is 2.15. The molecule has 1 heterocycles. The summed E-state index contributed by atoms with van der Waals surface area (Å²) in [6.07, 6.45) is 1.95. The summed E-state index contributed by atoms with van der Waals surface area (Å²) in [5.74, 6) is 0.879. The molecule has 4 heteroatoms. The molecule has 0 aliphatic rings. The predicted molar refractivity (Wildman–Crippen MR) is 84.5 cm³/mol. The van der Waals surface area contributed by atoms with Gasteiger partial charge in [-0.1, -0.05) is 26.0 Å². The lowest BCUT2D eigenvalue weighted by Gasteiger charge is -2.11. The number of hydrogen-bond acceptors (Lipinski definition) is 4. The van der Waals surface area contributed by atoms with Crippen molar-refractivity contribution in [1.29, 1.82) is 0 Å². The van der Waals surface area contributed by atoms with Crippen molar-refractivity contribution in [3.8, 4) is 5.75 Å². The van der Waals surface area contributed by atoms with Gasteiger partial charge in [-0.15, -0.1) is 11.3 Å². The van der Waals surface area contributed by atoms with E-state index in [0.29, 0.717) is 0 Å². The van der Waals surface area contributed by atoms with Crippen molar-refractivity contribution in [2.45, 2.75) is 39.7 Å². The summed E-state index contributed by atoms with van der Waals surface area (Å²) in [7, 11) is 0. The summed E-state index contributed by atoms with van der Waals surface area (Å²) in [6.45, 7) is 7.05. The van der Waals surface area contributed by atoms with Gasteiger partial charge in [-0.25, -0.2) is 4.98 Å². The number of benzene rings is 1. The van der Waals surface area contributed by atoms with E-state index in [-0.39, 0.29) is 6.04 Å². The molecule has 0 aliphatic carbocycles. The molecule has 1 aromatic heterocycles. The van der Waals surface area contributed by atoms with Crippen molar-refractivity contribution in [1.82, 2.24) is 4.98 Å². The van der Waals surface area contributed by atoms with Crippen LogP contribution in [-0.2, 0) is 6.42 Å². The molecule has 0 saturated heterocycles. The van der Waals surface area contributed by atoms with Crippen LogP contribution in [0.3, 0.4) is 0 Å². The number of hydrogen-bond donors (Lipinski definition) is 1. The molecule has 0 bridgehead atoms. The third kappa shape index (κ3) is 3.38. The average Bonchev–Trinajstić information content (AvgIpc) is 2.85. The molecular weight excluding hydrogens is 268 g/mol. The normalized spacial score (nSPS) is 12.4. The topological polar surface area (TPSA) is 48.1 Å². The predicted octanol–water partition coefficient (Wildman–Crippen LogP) is 3.85. The first kappa shape index (κ1) is 15.0. The largest absolute Gasteiger partial charge is 0.494 e. The molecule has 2 rings (SSSR count). The first-order chi connectivity index (χ1) is 9.65. The highest BCUT2D eigenvalue weighted by atomic mass is 32.1. The molecule has 0 saturated carbocycles. The fourth-order valence-corrected chi connectivity index (χ4v) is 3.11. The van der Waals surface area contributed by atoms with Gasteiger partial charge in [0.2, 0.25) is 0 Å². The zero-order chi connectivity index (χ0) is 14.5. The molecule has 108 valence electrons. The van der Waals surface area contributed by atoms with Gasteiger partial charge in [0.1, 0.15) is 10.8 Å². The van der Waals surface area contributed by atoms with Gasteiger partial charge >= 0.3 is 0 Å². The van der Waals surface area contributed by atoms with Gasteiger partial charge < -0.3 is 10.5 Å². The van der Waals surface area contributed by atoms with Crippen molar-refractivity contribution in [2.24, 2.45) is 5.73 Å². The molecule has 1 aromatic carbocycles. The van der Waals surface area contributed by atoms with E-state index in [9.17, 15) is 0 Å². The van der Waals surface area contributed by atoms with E-state index in [4.69, 9.17) is 10.5 Å². The molecule has 0 radical (unpaired) electrons. The van der Waals surface area contributed by atoms with Crippen LogP contribution in [0, 0.1) is 6.92 Å². The molecule has 0 aliphatic heterocycles. The van der Waals surface area contributed by atoms with Crippen LogP contribution in [0.1, 0.15) is 47.5 Å². The lowest BCUT2D eigenvalue weighted by Crippen LogP contribution is -2.12. The van der Waals surface area contributed by atoms with Gasteiger partial charge in [0.25, 0.3) is 0 Å². The molecule has 1 unspecified atom stereocenters. The highest BCUT2D eigenvalue weighted by Crippen LogP contribution is 2.28.